The van der Waals surface area contributed by atoms with Crippen LogP contribution in [0.5, 0.6) is 0 Å². The van der Waals surface area contributed by atoms with Crippen molar-refractivity contribution in [3.05, 3.63) is 40.4 Å². The molecule has 4 nitrogen and oxygen atoms in total. The van der Waals surface area contributed by atoms with E-state index in [2.05, 4.69) is 5.32 Å². The number of hydrogen-bond donors (Lipinski definition) is 2. The highest BCUT2D eigenvalue weighted by atomic mass is 35.5. The van der Waals surface area contributed by atoms with Gasteiger partial charge in [-0.15, -0.1) is 0 Å². The van der Waals surface area contributed by atoms with Gasteiger partial charge in [0.25, 0.3) is 5.91 Å². The highest BCUT2D eigenvalue weighted by Gasteiger charge is 2.50. The topological polar surface area (TPSA) is 66.4 Å². The van der Waals surface area contributed by atoms with Gasteiger partial charge in [-0.2, -0.15) is 0 Å². The lowest BCUT2D eigenvalue weighted by molar-refractivity contribution is -0.131. The summed E-state index contributed by atoms with van der Waals surface area (Å²) in [5.41, 5.74) is 1.33. The highest BCUT2D eigenvalue weighted by molar-refractivity contribution is 6.33. The van der Waals surface area contributed by atoms with Crippen LogP contribution in [0.1, 0.15) is 54.4 Å². The van der Waals surface area contributed by atoms with E-state index >= 15 is 0 Å². The van der Waals surface area contributed by atoms with E-state index in [9.17, 15) is 9.59 Å². The highest BCUT2D eigenvalue weighted by Crippen LogP contribution is 2.59. The maximum Gasteiger partial charge on any atom is 0.328 e. The smallest absolute Gasteiger partial charge is 0.328 e. The molecule has 138 valence electrons. The van der Waals surface area contributed by atoms with Crippen molar-refractivity contribution in [2.24, 2.45) is 23.2 Å². The molecule has 0 atom stereocenters. The minimum Gasteiger partial charge on any atom is -0.478 e. The summed E-state index contributed by atoms with van der Waals surface area (Å²) in [6, 6.07) is 5.00. The van der Waals surface area contributed by atoms with Crippen LogP contribution >= 0.6 is 11.6 Å². The average molecular weight is 374 g/mol. The number of aliphatic carboxylic acids is 1. The Bertz CT molecular complexity index is 735. The minimum atomic E-state index is -1.02. The van der Waals surface area contributed by atoms with Gasteiger partial charge in [-0.3, -0.25) is 4.79 Å². The molecule has 1 amide bonds. The van der Waals surface area contributed by atoms with E-state index in [0.29, 0.717) is 16.1 Å². The van der Waals surface area contributed by atoms with Crippen LogP contribution < -0.4 is 5.32 Å². The van der Waals surface area contributed by atoms with Gasteiger partial charge in [0.1, 0.15) is 0 Å². The molecule has 0 radical (unpaired) electrons. The second kappa shape index (κ2) is 6.73. The van der Waals surface area contributed by atoms with Crippen LogP contribution in [0.4, 0.5) is 0 Å². The number of carboxylic acids is 1. The third kappa shape index (κ3) is 3.52. The van der Waals surface area contributed by atoms with Crippen molar-refractivity contribution in [3.63, 3.8) is 0 Å². The fourth-order valence-corrected chi connectivity index (χ4v) is 6.06. The molecule has 2 N–H and O–H groups in total. The number of carbonyl (C=O) groups excluding carboxylic acids is 1. The Morgan fingerprint density at radius 1 is 1.15 bits per heavy atom. The Balaban J connectivity index is 1.45. The first-order chi connectivity index (χ1) is 12.4. The third-order valence-corrected chi connectivity index (χ3v) is 6.77. The zero-order chi connectivity index (χ0) is 18.3. The van der Waals surface area contributed by atoms with Crippen molar-refractivity contribution >= 4 is 29.6 Å². The molecule has 5 heteroatoms. The normalized spacial score (nSPS) is 32.1. The van der Waals surface area contributed by atoms with Gasteiger partial charge in [-0.05, 0) is 85.5 Å². The number of rotatable bonds is 5. The summed E-state index contributed by atoms with van der Waals surface area (Å²) in [6.45, 7) is 0.723. The number of hydrogen-bond acceptors (Lipinski definition) is 2. The van der Waals surface area contributed by atoms with Crippen LogP contribution in [0.3, 0.4) is 0 Å². The molecule has 1 aromatic rings. The van der Waals surface area contributed by atoms with Gasteiger partial charge >= 0.3 is 5.97 Å². The van der Waals surface area contributed by atoms with E-state index < -0.39 is 5.97 Å². The van der Waals surface area contributed by atoms with Crippen LogP contribution in [0, 0.1) is 23.2 Å². The molecule has 4 saturated carbocycles. The molecular weight excluding hydrogens is 350 g/mol. The molecule has 0 unspecified atom stereocenters. The van der Waals surface area contributed by atoms with E-state index in [4.69, 9.17) is 16.7 Å². The fourth-order valence-electron chi connectivity index (χ4n) is 5.86. The number of halogens is 1. The second-order valence-electron chi connectivity index (χ2n) is 8.51. The van der Waals surface area contributed by atoms with Gasteiger partial charge < -0.3 is 10.4 Å². The minimum absolute atomic E-state index is 0.170. The van der Waals surface area contributed by atoms with Crippen molar-refractivity contribution < 1.29 is 14.7 Å². The maximum absolute atomic E-state index is 12.7. The summed E-state index contributed by atoms with van der Waals surface area (Å²) in [7, 11) is 0. The van der Waals surface area contributed by atoms with Gasteiger partial charge in [0.05, 0.1) is 10.6 Å². The van der Waals surface area contributed by atoms with E-state index in [0.717, 1.165) is 30.4 Å². The van der Waals surface area contributed by atoms with Crippen LogP contribution in [0.15, 0.2) is 24.3 Å². The quantitative estimate of drug-likeness (QED) is 0.752. The van der Waals surface area contributed by atoms with Crippen LogP contribution in [0.25, 0.3) is 6.08 Å². The summed E-state index contributed by atoms with van der Waals surface area (Å²) in [6.07, 6.45) is 10.4. The second-order valence-corrected chi connectivity index (χ2v) is 8.92. The van der Waals surface area contributed by atoms with Gasteiger partial charge in [0, 0.05) is 12.6 Å². The third-order valence-electron chi connectivity index (χ3n) is 6.44. The number of carboxylic acid groups (broad SMARTS) is 1. The first-order valence-corrected chi connectivity index (χ1v) is 9.79. The molecule has 0 aromatic heterocycles. The Kier molecular flexibility index (Phi) is 4.55. The zero-order valence-electron chi connectivity index (χ0n) is 14.7. The number of nitrogens with one attached hydrogen (secondary N) is 1. The molecule has 0 heterocycles. The molecule has 1 aromatic carbocycles. The van der Waals surface area contributed by atoms with E-state index in [1.54, 1.807) is 18.2 Å². The lowest BCUT2D eigenvalue weighted by Crippen LogP contribution is -2.51. The largest absolute Gasteiger partial charge is 0.478 e. The van der Waals surface area contributed by atoms with Crippen molar-refractivity contribution in [2.75, 3.05) is 6.54 Å². The van der Waals surface area contributed by atoms with Crippen molar-refractivity contribution in [2.45, 2.75) is 38.5 Å². The molecular formula is C21H24ClNO3. The van der Waals surface area contributed by atoms with Crippen molar-refractivity contribution in [3.8, 4) is 0 Å². The number of amides is 1. The standard InChI is InChI=1S/C21H24ClNO3/c22-18-3-1-13(2-4-19(24)25)8-17(18)20(26)23-12-21-9-14-5-15(10-21)7-16(6-14)11-21/h1-4,8,14-16H,5-7,9-12H2,(H,23,26)(H,24,25)/b4-2+. The number of carbonyl (C=O) groups is 2. The summed E-state index contributed by atoms with van der Waals surface area (Å²) < 4.78 is 0. The predicted molar refractivity (Wildman–Crippen MR) is 101 cm³/mol. The maximum atomic E-state index is 12.7. The first-order valence-electron chi connectivity index (χ1n) is 9.41. The summed E-state index contributed by atoms with van der Waals surface area (Å²) >= 11 is 6.21. The molecule has 26 heavy (non-hydrogen) atoms. The Morgan fingerprint density at radius 2 is 1.77 bits per heavy atom. The molecule has 4 bridgehead atoms. The van der Waals surface area contributed by atoms with Gasteiger partial charge in [0.15, 0.2) is 0 Å². The monoisotopic (exact) mass is 373 g/mol. The van der Waals surface area contributed by atoms with Gasteiger partial charge in [-0.25, -0.2) is 4.79 Å². The van der Waals surface area contributed by atoms with Crippen LogP contribution in [0.2, 0.25) is 5.02 Å². The fraction of sp³-hybridized carbons (Fsp3) is 0.524. The molecule has 0 aliphatic heterocycles. The lowest BCUT2D eigenvalue weighted by Gasteiger charge is -2.56. The van der Waals surface area contributed by atoms with E-state index in [1.165, 1.54) is 44.6 Å². The van der Waals surface area contributed by atoms with Gasteiger partial charge in [-0.1, -0.05) is 17.7 Å². The molecule has 4 aliphatic carbocycles. The Hall–Kier alpha value is -1.81. The Morgan fingerprint density at radius 3 is 2.35 bits per heavy atom. The van der Waals surface area contributed by atoms with E-state index in [-0.39, 0.29) is 11.3 Å². The lowest BCUT2D eigenvalue weighted by atomic mass is 9.49. The Labute approximate surface area is 158 Å². The van der Waals surface area contributed by atoms with Gasteiger partial charge in [0.2, 0.25) is 0 Å². The van der Waals surface area contributed by atoms with Crippen LogP contribution in [-0.2, 0) is 4.79 Å². The number of benzene rings is 1. The summed E-state index contributed by atoms with van der Waals surface area (Å²) in [5.74, 6) is 1.37. The summed E-state index contributed by atoms with van der Waals surface area (Å²) in [5, 5.41) is 12.3. The van der Waals surface area contributed by atoms with Crippen molar-refractivity contribution in [1.29, 1.82) is 0 Å². The average Bonchev–Trinajstić information content (AvgIpc) is 2.58. The predicted octanol–water partition coefficient (Wildman–Crippen LogP) is 4.38. The van der Waals surface area contributed by atoms with E-state index in [1.807, 2.05) is 0 Å². The molecule has 5 rings (SSSR count). The first kappa shape index (κ1) is 17.6. The molecule has 0 spiro atoms. The zero-order valence-corrected chi connectivity index (χ0v) is 15.5. The molecule has 4 aliphatic rings. The summed E-state index contributed by atoms with van der Waals surface area (Å²) in [4.78, 5) is 23.4. The van der Waals surface area contributed by atoms with Crippen LogP contribution in [-0.4, -0.2) is 23.5 Å². The molecule has 4 fully saturated rings. The molecule has 0 saturated heterocycles. The van der Waals surface area contributed by atoms with Crippen molar-refractivity contribution in [1.82, 2.24) is 5.32 Å². The SMILES string of the molecule is O=C(O)/C=C/c1ccc(Cl)c(C(=O)NCC23CC4CC(CC(C4)C2)C3)c1.